The van der Waals surface area contributed by atoms with Crippen LogP contribution >= 0.6 is 11.8 Å². The number of ether oxygens (including phenoxy) is 3. The molecular weight excluding hydrogens is 526 g/mol. The third-order valence-corrected chi connectivity index (χ3v) is 7.14. The zero-order chi connectivity index (χ0) is 28.2. The number of thioether (sulfide) groups is 1. The minimum Gasteiger partial charge on any atom is -0.489 e. The van der Waals surface area contributed by atoms with Crippen molar-refractivity contribution in [2.45, 2.75) is 22.9 Å². The summed E-state index contributed by atoms with van der Waals surface area (Å²) < 4.78 is 16.7. The molecule has 0 saturated carbocycles. The van der Waals surface area contributed by atoms with Gasteiger partial charge in [0.2, 0.25) is 0 Å². The molecule has 4 aromatic rings. The van der Waals surface area contributed by atoms with E-state index in [1.165, 1.54) is 18.9 Å². The van der Waals surface area contributed by atoms with Crippen LogP contribution < -0.4 is 15.0 Å². The van der Waals surface area contributed by atoms with E-state index < -0.39 is 17.3 Å². The second-order valence-electron chi connectivity index (χ2n) is 8.64. The molecule has 0 amide bonds. The summed E-state index contributed by atoms with van der Waals surface area (Å²) in [5.41, 5.74) is 6.02. The molecule has 4 aromatic carbocycles. The van der Waals surface area contributed by atoms with Crippen LogP contribution in [0.15, 0.2) is 120 Å². The van der Waals surface area contributed by atoms with E-state index in [9.17, 15) is 9.90 Å². The normalized spacial score (nSPS) is 12.7. The van der Waals surface area contributed by atoms with E-state index in [0.29, 0.717) is 29.4 Å². The average molecular weight is 558 g/mol. The van der Waals surface area contributed by atoms with Crippen LogP contribution in [0.5, 0.6) is 11.5 Å². The van der Waals surface area contributed by atoms with Crippen LogP contribution in [0.1, 0.15) is 22.8 Å². The molecule has 4 rings (SSSR count). The first-order valence-electron chi connectivity index (χ1n) is 12.6. The highest BCUT2D eigenvalue weighted by atomic mass is 32.2. The predicted octanol–water partition coefficient (Wildman–Crippen LogP) is 6.16. The zero-order valence-electron chi connectivity index (χ0n) is 22.2. The molecule has 2 unspecified atom stereocenters. The fraction of sp³-hybridized carbons (Fsp3) is 0.156. The molecule has 0 saturated heterocycles. The van der Waals surface area contributed by atoms with Crippen molar-refractivity contribution in [1.29, 1.82) is 0 Å². The lowest BCUT2D eigenvalue weighted by Gasteiger charge is -2.21. The maximum Gasteiger partial charge on any atom is 0.322 e. The number of aliphatic hydroxyl groups excluding tert-OH is 1. The van der Waals surface area contributed by atoms with Gasteiger partial charge in [0, 0.05) is 10.5 Å². The lowest BCUT2D eigenvalue weighted by atomic mass is 10.1. The third-order valence-electron chi connectivity index (χ3n) is 5.89. The third kappa shape index (κ3) is 8.13. The molecule has 0 fully saturated rings. The number of rotatable bonds is 13. The van der Waals surface area contributed by atoms with Crippen molar-refractivity contribution in [2.75, 3.05) is 14.2 Å². The molecule has 40 heavy (non-hydrogen) atoms. The number of benzene rings is 4. The van der Waals surface area contributed by atoms with Gasteiger partial charge in [-0.05, 0) is 47.5 Å². The van der Waals surface area contributed by atoms with E-state index in [1.54, 1.807) is 37.6 Å². The molecule has 0 aliphatic heterocycles. The van der Waals surface area contributed by atoms with Crippen molar-refractivity contribution in [3.05, 3.63) is 132 Å². The molecule has 7 nitrogen and oxygen atoms in total. The Balaban J connectivity index is 1.33. The molecule has 0 aromatic heterocycles. The number of methoxy groups -OCH3 is 1. The SMILES string of the molecule is CONC(=COc1ccc(COc2ccc(C(O)C(Sc3ccccc3)C(=O)OC)cc2)cc1)c1ccccc1. The Morgan fingerprint density at radius 1 is 0.850 bits per heavy atom. The second-order valence-corrected chi connectivity index (χ2v) is 9.86. The van der Waals surface area contributed by atoms with Crippen LogP contribution in [-0.2, 0) is 21.0 Å². The van der Waals surface area contributed by atoms with E-state index in [1.807, 2.05) is 84.9 Å². The van der Waals surface area contributed by atoms with Gasteiger partial charge in [-0.3, -0.25) is 15.1 Å². The summed E-state index contributed by atoms with van der Waals surface area (Å²) in [5.74, 6) is 0.820. The predicted molar refractivity (Wildman–Crippen MR) is 155 cm³/mol. The Labute approximate surface area is 238 Å². The molecule has 0 heterocycles. The molecule has 2 atom stereocenters. The van der Waals surface area contributed by atoms with Crippen molar-refractivity contribution < 1.29 is 28.9 Å². The Hall–Kier alpha value is -4.24. The van der Waals surface area contributed by atoms with Gasteiger partial charge in [0.05, 0.1) is 14.2 Å². The summed E-state index contributed by atoms with van der Waals surface area (Å²) >= 11 is 1.26. The number of hydrogen-bond acceptors (Lipinski definition) is 8. The van der Waals surface area contributed by atoms with Crippen LogP contribution in [0, 0.1) is 0 Å². The standard InChI is InChI=1S/C32H31NO6S/c1-36-32(35)31(40-28-11-7-4-8-12-28)30(34)25-15-19-27(20-16-25)38-21-23-13-17-26(18-14-23)39-22-29(33-37-2)24-9-5-3-6-10-24/h3-20,22,30-31,33-34H,21H2,1-2H3. The molecular formula is C32H31NO6S. The summed E-state index contributed by atoms with van der Waals surface area (Å²) in [4.78, 5) is 18.3. The maximum absolute atomic E-state index is 12.4. The number of carbonyl (C=O) groups is 1. The van der Waals surface area contributed by atoms with Crippen molar-refractivity contribution >= 4 is 23.4 Å². The van der Waals surface area contributed by atoms with Gasteiger partial charge in [0.25, 0.3) is 0 Å². The smallest absolute Gasteiger partial charge is 0.322 e. The van der Waals surface area contributed by atoms with E-state index in [2.05, 4.69) is 5.48 Å². The van der Waals surface area contributed by atoms with E-state index >= 15 is 0 Å². The fourth-order valence-corrected chi connectivity index (χ4v) is 4.86. The van der Waals surface area contributed by atoms with E-state index in [-0.39, 0.29) is 0 Å². The monoisotopic (exact) mass is 557 g/mol. The lowest BCUT2D eigenvalue weighted by Crippen LogP contribution is -2.26. The number of hydrogen-bond donors (Lipinski definition) is 2. The molecule has 0 bridgehead atoms. The number of hydroxylamine groups is 1. The highest BCUT2D eigenvalue weighted by Gasteiger charge is 2.30. The lowest BCUT2D eigenvalue weighted by molar-refractivity contribution is -0.142. The summed E-state index contributed by atoms with van der Waals surface area (Å²) in [6, 6.07) is 33.8. The average Bonchev–Trinajstić information content (AvgIpc) is 3.02. The highest BCUT2D eigenvalue weighted by Crippen LogP contribution is 2.33. The summed E-state index contributed by atoms with van der Waals surface area (Å²) in [6.45, 7) is 0.354. The zero-order valence-corrected chi connectivity index (χ0v) is 23.0. The first-order valence-corrected chi connectivity index (χ1v) is 13.5. The number of esters is 1. The van der Waals surface area contributed by atoms with Crippen molar-refractivity contribution in [3.8, 4) is 11.5 Å². The molecule has 0 aliphatic rings. The van der Waals surface area contributed by atoms with Crippen LogP contribution in [0.2, 0.25) is 0 Å². The molecule has 2 N–H and O–H groups in total. The molecule has 0 radical (unpaired) electrons. The van der Waals surface area contributed by atoms with Gasteiger partial charge >= 0.3 is 5.97 Å². The van der Waals surface area contributed by atoms with Gasteiger partial charge in [0.15, 0.2) is 0 Å². The van der Waals surface area contributed by atoms with Gasteiger partial charge in [-0.25, -0.2) is 0 Å². The van der Waals surface area contributed by atoms with Crippen LogP contribution in [-0.4, -0.2) is 30.5 Å². The minimum absolute atomic E-state index is 0.354. The Bertz CT molecular complexity index is 1360. The largest absolute Gasteiger partial charge is 0.489 e. The van der Waals surface area contributed by atoms with Gasteiger partial charge in [-0.2, -0.15) is 0 Å². The van der Waals surface area contributed by atoms with Crippen LogP contribution in [0.3, 0.4) is 0 Å². The summed E-state index contributed by atoms with van der Waals surface area (Å²) in [7, 11) is 2.87. The first kappa shape index (κ1) is 28.8. The van der Waals surface area contributed by atoms with Crippen LogP contribution in [0.25, 0.3) is 5.70 Å². The first-order chi connectivity index (χ1) is 19.6. The Morgan fingerprint density at radius 2 is 1.48 bits per heavy atom. The molecule has 0 spiro atoms. The van der Waals surface area contributed by atoms with Gasteiger partial charge in [-0.1, -0.05) is 72.8 Å². The quantitative estimate of drug-likeness (QED) is 0.0875. The minimum atomic E-state index is -1.05. The number of aliphatic hydroxyl groups is 1. The van der Waals surface area contributed by atoms with E-state index in [4.69, 9.17) is 19.0 Å². The van der Waals surface area contributed by atoms with Gasteiger partial charge in [0.1, 0.15) is 41.4 Å². The van der Waals surface area contributed by atoms with Crippen molar-refractivity contribution in [1.82, 2.24) is 5.48 Å². The van der Waals surface area contributed by atoms with Gasteiger partial charge in [-0.15, -0.1) is 11.8 Å². The molecule has 0 aliphatic carbocycles. The molecule has 8 heteroatoms. The Morgan fingerprint density at radius 3 is 2.10 bits per heavy atom. The van der Waals surface area contributed by atoms with Crippen LogP contribution in [0.4, 0.5) is 0 Å². The number of nitrogens with one attached hydrogen (secondary N) is 1. The summed E-state index contributed by atoms with van der Waals surface area (Å²) in [6.07, 6.45) is 0.554. The molecule has 206 valence electrons. The fourth-order valence-electron chi connectivity index (χ4n) is 3.78. The van der Waals surface area contributed by atoms with E-state index in [0.717, 1.165) is 16.0 Å². The topological polar surface area (TPSA) is 86.3 Å². The van der Waals surface area contributed by atoms with Crippen molar-refractivity contribution in [3.63, 3.8) is 0 Å². The Kier molecular flexibility index (Phi) is 10.6. The maximum atomic E-state index is 12.4. The highest BCUT2D eigenvalue weighted by molar-refractivity contribution is 8.00. The van der Waals surface area contributed by atoms with Gasteiger partial charge < -0.3 is 19.3 Å². The second kappa shape index (κ2) is 14.8. The van der Waals surface area contributed by atoms with Crippen molar-refractivity contribution in [2.24, 2.45) is 0 Å². The number of carbonyl (C=O) groups excluding carboxylic acids is 1. The summed E-state index contributed by atoms with van der Waals surface area (Å²) in [5, 5.41) is 10.1.